The first-order valence-electron chi connectivity index (χ1n) is 3.52. The fourth-order valence-corrected chi connectivity index (χ4v) is 0.887. The van der Waals surface area contributed by atoms with Crippen LogP contribution in [0.2, 0.25) is 0 Å². The summed E-state index contributed by atoms with van der Waals surface area (Å²) in [4.78, 5) is 3.94. The molecular weight excluding hydrogens is 138 g/mol. The predicted octanol–water partition coefficient (Wildman–Crippen LogP) is 2.13. The standard InChI is InChI=1S/C9H11NO/c1-3-4-8-5-7(2)10-6-9(8)11/h3-6,11H,1-2H3/b4-3+. The van der Waals surface area contributed by atoms with E-state index in [4.69, 9.17) is 0 Å². The SMILES string of the molecule is C/C=C/c1cc(C)ncc1O. The van der Waals surface area contributed by atoms with Crippen LogP contribution in [0.25, 0.3) is 6.08 Å². The summed E-state index contributed by atoms with van der Waals surface area (Å²) >= 11 is 0. The van der Waals surface area contributed by atoms with Crippen molar-refractivity contribution in [1.82, 2.24) is 4.98 Å². The molecule has 0 fully saturated rings. The molecule has 0 unspecified atom stereocenters. The summed E-state index contributed by atoms with van der Waals surface area (Å²) in [7, 11) is 0. The maximum atomic E-state index is 9.25. The molecule has 2 heteroatoms. The highest BCUT2D eigenvalue weighted by Crippen LogP contribution is 2.16. The minimum Gasteiger partial charge on any atom is -0.506 e. The molecule has 1 heterocycles. The molecule has 1 N–H and O–H groups in total. The Morgan fingerprint density at radius 3 is 2.91 bits per heavy atom. The Morgan fingerprint density at radius 2 is 2.27 bits per heavy atom. The normalized spacial score (nSPS) is 10.7. The number of hydrogen-bond acceptors (Lipinski definition) is 2. The first-order chi connectivity index (χ1) is 5.24. The average molecular weight is 149 g/mol. The van der Waals surface area contributed by atoms with Gasteiger partial charge in [-0.25, -0.2) is 0 Å². The Bertz CT molecular complexity index is 279. The smallest absolute Gasteiger partial charge is 0.141 e. The van der Waals surface area contributed by atoms with Gasteiger partial charge < -0.3 is 5.11 Å². The second-order valence-electron chi connectivity index (χ2n) is 2.38. The van der Waals surface area contributed by atoms with Crippen molar-refractivity contribution in [2.45, 2.75) is 13.8 Å². The van der Waals surface area contributed by atoms with E-state index in [0.29, 0.717) is 0 Å². The van der Waals surface area contributed by atoms with Gasteiger partial charge in [0.1, 0.15) is 5.75 Å². The van der Waals surface area contributed by atoms with Gasteiger partial charge in [0.2, 0.25) is 0 Å². The Balaban J connectivity index is 3.12. The van der Waals surface area contributed by atoms with Crippen LogP contribution in [0.3, 0.4) is 0 Å². The first kappa shape index (κ1) is 7.79. The molecule has 0 amide bonds. The van der Waals surface area contributed by atoms with Gasteiger partial charge in [-0.3, -0.25) is 4.98 Å². The number of aryl methyl sites for hydroxylation is 1. The monoisotopic (exact) mass is 149 g/mol. The molecule has 0 bridgehead atoms. The zero-order valence-electron chi connectivity index (χ0n) is 6.70. The summed E-state index contributed by atoms with van der Waals surface area (Å²) in [5.41, 5.74) is 1.73. The molecule has 0 saturated heterocycles. The van der Waals surface area contributed by atoms with Crippen molar-refractivity contribution in [1.29, 1.82) is 0 Å². The van der Waals surface area contributed by atoms with Crippen LogP contribution in [0.4, 0.5) is 0 Å². The van der Waals surface area contributed by atoms with Crippen LogP contribution in [-0.2, 0) is 0 Å². The van der Waals surface area contributed by atoms with Crippen molar-refractivity contribution < 1.29 is 5.11 Å². The van der Waals surface area contributed by atoms with Gasteiger partial charge in [0, 0.05) is 11.3 Å². The summed E-state index contributed by atoms with van der Waals surface area (Å²) in [5.74, 6) is 0.230. The third kappa shape index (κ3) is 1.80. The van der Waals surface area contributed by atoms with Crippen molar-refractivity contribution >= 4 is 6.08 Å². The minimum atomic E-state index is 0.230. The van der Waals surface area contributed by atoms with Gasteiger partial charge in [0.15, 0.2) is 0 Å². The lowest BCUT2D eigenvalue weighted by Gasteiger charge is -1.98. The lowest BCUT2D eigenvalue weighted by Crippen LogP contribution is -1.82. The number of aromatic hydroxyl groups is 1. The summed E-state index contributed by atoms with van der Waals surface area (Å²) < 4.78 is 0. The van der Waals surface area contributed by atoms with Gasteiger partial charge in [0.25, 0.3) is 0 Å². The summed E-state index contributed by atoms with van der Waals surface area (Å²) in [6, 6.07) is 1.84. The van der Waals surface area contributed by atoms with Crippen molar-refractivity contribution in [2.24, 2.45) is 0 Å². The summed E-state index contributed by atoms with van der Waals surface area (Å²) in [6.07, 6.45) is 5.20. The second-order valence-corrected chi connectivity index (χ2v) is 2.38. The van der Waals surface area contributed by atoms with E-state index < -0.39 is 0 Å². The molecule has 0 atom stereocenters. The van der Waals surface area contributed by atoms with E-state index in [1.165, 1.54) is 6.20 Å². The molecule has 0 saturated carbocycles. The second kappa shape index (κ2) is 3.19. The molecule has 0 radical (unpaired) electrons. The fourth-order valence-electron chi connectivity index (χ4n) is 0.887. The molecule has 1 aromatic rings. The molecule has 2 nitrogen and oxygen atoms in total. The van der Waals surface area contributed by atoms with Crippen LogP contribution in [0.5, 0.6) is 5.75 Å². The lowest BCUT2D eigenvalue weighted by molar-refractivity contribution is 0.471. The van der Waals surface area contributed by atoms with E-state index >= 15 is 0 Å². The highest BCUT2D eigenvalue weighted by molar-refractivity contribution is 5.55. The Hall–Kier alpha value is -1.31. The zero-order chi connectivity index (χ0) is 8.27. The molecule has 0 aliphatic heterocycles. The van der Waals surface area contributed by atoms with E-state index in [-0.39, 0.29) is 5.75 Å². The highest BCUT2D eigenvalue weighted by Gasteiger charge is 1.96. The van der Waals surface area contributed by atoms with Crippen molar-refractivity contribution in [3.8, 4) is 5.75 Å². The topological polar surface area (TPSA) is 33.1 Å². The fraction of sp³-hybridized carbons (Fsp3) is 0.222. The Kier molecular flexibility index (Phi) is 2.26. The summed E-state index contributed by atoms with van der Waals surface area (Å²) in [6.45, 7) is 3.81. The number of aromatic nitrogens is 1. The van der Waals surface area contributed by atoms with E-state index in [1.54, 1.807) is 0 Å². The molecular formula is C9H11NO. The molecule has 58 valence electrons. The Morgan fingerprint density at radius 1 is 1.55 bits per heavy atom. The number of pyridine rings is 1. The largest absolute Gasteiger partial charge is 0.506 e. The number of nitrogens with zero attached hydrogens (tertiary/aromatic N) is 1. The molecule has 11 heavy (non-hydrogen) atoms. The van der Waals surface area contributed by atoms with Gasteiger partial charge in [-0.2, -0.15) is 0 Å². The van der Waals surface area contributed by atoms with Crippen molar-refractivity contribution in [2.75, 3.05) is 0 Å². The maximum Gasteiger partial charge on any atom is 0.141 e. The Labute approximate surface area is 66.2 Å². The van der Waals surface area contributed by atoms with Crippen LogP contribution < -0.4 is 0 Å². The van der Waals surface area contributed by atoms with Crippen molar-refractivity contribution in [3.05, 3.63) is 29.6 Å². The first-order valence-corrected chi connectivity index (χ1v) is 3.52. The quantitative estimate of drug-likeness (QED) is 0.663. The van der Waals surface area contributed by atoms with Crippen LogP contribution in [0, 0.1) is 6.92 Å². The third-order valence-electron chi connectivity index (χ3n) is 1.40. The lowest BCUT2D eigenvalue weighted by atomic mass is 10.2. The summed E-state index contributed by atoms with van der Waals surface area (Å²) in [5, 5.41) is 9.25. The third-order valence-corrected chi connectivity index (χ3v) is 1.40. The number of allylic oxidation sites excluding steroid dienone is 1. The molecule has 0 aromatic carbocycles. The van der Waals surface area contributed by atoms with Gasteiger partial charge in [0.05, 0.1) is 6.20 Å². The molecule has 0 aliphatic carbocycles. The minimum absolute atomic E-state index is 0.230. The van der Waals surface area contributed by atoms with Crippen LogP contribution in [0.1, 0.15) is 18.2 Å². The van der Waals surface area contributed by atoms with E-state index in [9.17, 15) is 5.11 Å². The maximum absolute atomic E-state index is 9.25. The van der Waals surface area contributed by atoms with Crippen molar-refractivity contribution in [3.63, 3.8) is 0 Å². The number of hydrogen-bond donors (Lipinski definition) is 1. The van der Waals surface area contributed by atoms with Crippen LogP contribution >= 0.6 is 0 Å². The van der Waals surface area contributed by atoms with Gasteiger partial charge in [-0.05, 0) is 19.9 Å². The van der Waals surface area contributed by atoms with Gasteiger partial charge in [-0.15, -0.1) is 0 Å². The van der Waals surface area contributed by atoms with E-state index in [1.807, 2.05) is 32.1 Å². The van der Waals surface area contributed by atoms with Gasteiger partial charge in [-0.1, -0.05) is 12.2 Å². The molecule has 0 spiro atoms. The highest BCUT2D eigenvalue weighted by atomic mass is 16.3. The van der Waals surface area contributed by atoms with Gasteiger partial charge >= 0.3 is 0 Å². The zero-order valence-corrected chi connectivity index (χ0v) is 6.70. The van der Waals surface area contributed by atoms with E-state index in [0.717, 1.165) is 11.3 Å². The van der Waals surface area contributed by atoms with Crippen LogP contribution in [-0.4, -0.2) is 10.1 Å². The predicted molar refractivity (Wildman–Crippen MR) is 45.3 cm³/mol. The number of rotatable bonds is 1. The molecule has 1 rings (SSSR count). The molecule has 0 aliphatic rings. The van der Waals surface area contributed by atoms with Crippen LogP contribution in [0.15, 0.2) is 18.3 Å². The van der Waals surface area contributed by atoms with E-state index in [2.05, 4.69) is 4.98 Å². The molecule has 1 aromatic heterocycles. The average Bonchev–Trinajstić information content (AvgIpc) is 1.98.